The Morgan fingerprint density at radius 2 is 1.74 bits per heavy atom. The van der Waals surface area contributed by atoms with Gasteiger partial charge in [-0.1, -0.05) is 6.07 Å². The van der Waals surface area contributed by atoms with Gasteiger partial charge < -0.3 is 14.4 Å². The zero-order valence-electron chi connectivity index (χ0n) is 17.3. The molecule has 1 heterocycles. The van der Waals surface area contributed by atoms with Gasteiger partial charge in [-0.25, -0.2) is 12.8 Å². The monoisotopic (exact) mass is 445 g/mol. The Bertz CT molecular complexity index is 1310. The molecule has 6 nitrogen and oxygen atoms in total. The number of sulfone groups is 1. The van der Waals surface area contributed by atoms with Crippen LogP contribution < -0.4 is 10.3 Å². The Labute approximate surface area is 179 Å². The Balaban J connectivity index is 1.92. The number of aryl methyl sites for hydroxylation is 1. The molecule has 1 saturated carbocycles. The minimum atomic E-state index is -3.49. The van der Waals surface area contributed by atoms with E-state index < -0.39 is 15.7 Å². The molecule has 8 heteroatoms. The average molecular weight is 446 g/mol. The molecule has 0 radical (unpaired) electrons. The molecule has 0 unspecified atom stereocenters. The second kappa shape index (κ2) is 8.09. The van der Waals surface area contributed by atoms with Crippen LogP contribution in [-0.4, -0.2) is 36.6 Å². The van der Waals surface area contributed by atoms with Crippen molar-refractivity contribution in [3.8, 4) is 16.9 Å². The lowest BCUT2D eigenvalue weighted by atomic mass is 9.94. The van der Waals surface area contributed by atoms with Gasteiger partial charge in [0.05, 0.1) is 22.5 Å². The first-order valence-electron chi connectivity index (χ1n) is 10.1. The molecule has 2 aromatic carbocycles. The van der Waals surface area contributed by atoms with Gasteiger partial charge in [-0.3, -0.25) is 4.79 Å². The summed E-state index contributed by atoms with van der Waals surface area (Å²) in [6, 6.07) is 8.63. The van der Waals surface area contributed by atoms with E-state index in [9.17, 15) is 22.7 Å². The van der Waals surface area contributed by atoms with E-state index in [2.05, 4.69) is 0 Å². The summed E-state index contributed by atoms with van der Waals surface area (Å²) in [5, 5.41) is 10.5. The first-order chi connectivity index (χ1) is 14.6. The molecule has 0 amide bonds. The standard InChI is InChI=1S/C23H24FNO5S/c1-25-13-21(18-9-3-14(24)11-20(18)23(25)27)19-12-17(31(2,28)29)8-10-22(19)30-16-6-4-15(26)5-7-16/h3,8-13,15-16,26H,4-7H2,1-2H3. The molecular formula is C23H24FNO5S. The fourth-order valence-corrected chi connectivity index (χ4v) is 4.70. The molecule has 4 rings (SSSR count). The molecule has 1 aliphatic carbocycles. The quantitative estimate of drug-likeness (QED) is 0.665. The van der Waals surface area contributed by atoms with Crippen molar-refractivity contribution in [2.45, 2.75) is 42.8 Å². The summed E-state index contributed by atoms with van der Waals surface area (Å²) in [6.07, 6.45) is 4.97. The second-order valence-corrected chi connectivity index (χ2v) is 10.1. The summed E-state index contributed by atoms with van der Waals surface area (Å²) >= 11 is 0. The van der Waals surface area contributed by atoms with Crippen molar-refractivity contribution in [1.29, 1.82) is 0 Å². The Morgan fingerprint density at radius 3 is 2.42 bits per heavy atom. The van der Waals surface area contributed by atoms with Crippen molar-refractivity contribution in [2.24, 2.45) is 7.05 Å². The lowest BCUT2D eigenvalue weighted by Crippen LogP contribution is -2.26. The summed E-state index contributed by atoms with van der Waals surface area (Å²) in [7, 11) is -1.92. The highest BCUT2D eigenvalue weighted by atomic mass is 32.2. The molecule has 0 aliphatic heterocycles. The van der Waals surface area contributed by atoms with Crippen molar-refractivity contribution in [3.63, 3.8) is 0 Å². The van der Waals surface area contributed by atoms with Crippen molar-refractivity contribution >= 4 is 20.6 Å². The van der Waals surface area contributed by atoms with Gasteiger partial charge in [-0.2, -0.15) is 0 Å². The molecule has 1 aliphatic rings. The number of nitrogens with zero attached hydrogens (tertiary/aromatic N) is 1. The van der Waals surface area contributed by atoms with E-state index in [-0.39, 0.29) is 28.0 Å². The number of benzene rings is 2. The number of fused-ring (bicyclic) bond motifs is 1. The number of halogens is 1. The normalized spacial score (nSPS) is 19.5. The van der Waals surface area contributed by atoms with E-state index in [1.54, 1.807) is 19.3 Å². The van der Waals surface area contributed by atoms with E-state index in [0.29, 0.717) is 47.9 Å². The Hall–Kier alpha value is -2.71. The first-order valence-corrected chi connectivity index (χ1v) is 12.0. The highest BCUT2D eigenvalue weighted by Crippen LogP contribution is 2.37. The molecule has 1 fully saturated rings. The van der Waals surface area contributed by atoms with Gasteiger partial charge in [0.15, 0.2) is 9.84 Å². The van der Waals surface area contributed by atoms with Crippen LogP contribution in [0.4, 0.5) is 4.39 Å². The molecule has 1 aromatic heterocycles. The number of hydrogen-bond acceptors (Lipinski definition) is 5. The number of aromatic nitrogens is 1. The maximum Gasteiger partial charge on any atom is 0.258 e. The van der Waals surface area contributed by atoms with Crippen LogP contribution in [0.2, 0.25) is 0 Å². The zero-order valence-corrected chi connectivity index (χ0v) is 18.2. The van der Waals surface area contributed by atoms with Crippen molar-refractivity contribution in [2.75, 3.05) is 6.26 Å². The van der Waals surface area contributed by atoms with Crippen LogP contribution in [0.3, 0.4) is 0 Å². The number of aliphatic hydroxyl groups is 1. The largest absolute Gasteiger partial charge is 0.490 e. The maximum absolute atomic E-state index is 13.9. The van der Waals surface area contributed by atoms with Gasteiger partial charge in [-0.05, 0) is 61.4 Å². The third-order valence-corrected chi connectivity index (χ3v) is 6.86. The molecule has 0 atom stereocenters. The summed E-state index contributed by atoms with van der Waals surface area (Å²) in [5.74, 6) is -0.0399. The number of hydrogen-bond donors (Lipinski definition) is 1. The number of aliphatic hydroxyl groups excluding tert-OH is 1. The van der Waals surface area contributed by atoms with E-state index in [1.807, 2.05) is 0 Å². The minimum absolute atomic E-state index is 0.109. The summed E-state index contributed by atoms with van der Waals surface area (Å²) < 4.78 is 45.9. The predicted molar refractivity (Wildman–Crippen MR) is 117 cm³/mol. The summed E-state index contributed by atoms with van der Waals surface area (Å²) in [4.78, 5) is 12.7. The first kappa shape index (κ1) is 21.5. The molecule has 0 saturated heterocycles. The van der Waals surface area contributed by atoms with Gasteiger partial charge in [0.2, 0.25) is 0 Å². The van der Waals surface area contributed by atoms with Crippen molar-refractivity contribution in [3.05, 3.63) is 58.8 Å². The SMILES string of the molecule is Cn1cc(-c2cc(S(C)(=O)=O)ccc2OC2CCC(O)CC2)c2ccc(F)cc2c1=O. The predicted octanol–water partition coefficient (Wildman–Crippen LogP) is 3.43. The maximum atomic E-state index is 13.9. The van der Waals surface area contributed by atoms with E-state index in [0.717, 1.165) is 6.26 Å². The second-order valence-electron chi connectivity index (χ2n) is 8.13. The summed E-state index contributed by atoms with van der Waals surface area (Å²) in [6.45, 7) is 0. The molecule has 3 aromatic rings. The van der Waals surface area contributed by atoms with Crippen LogP contribution in [0.1, 0.15) is 25.7 Å². The third kappa shape index (κ3) is 4.36. The van der Waals surface area contributed by atoms with Crippen LogP contribution in [-0.2, 0) is 16.9 Å². The van der Waals surface area contributed by atoms with E-state index >= 15 is 0 Å². The van der Waals surface area contributed by atoms with Gasteiger partial charge in [-0.15, -0.1) is 0 Å². The Kier molecular flexibility index (Phi) is 5.61. The molecule has 1 N–H and O–H groups in total. The van der Waals surface area contributed by atoms with Gasteiger partial charge >= 0.3 is 0 Å². The smallest absolute Gasteiger partial charge is 0.258 e. The topological polar surface area (TPSA) is 85.6 Å². The van der Waals surface area contributed by atoms with Crippen LogP contribution in [0.25, 0.3) is 21.9 Å². The minimum Gasteiger partial charge on any atom is -0.490 e. The Morgan fingerprint density at radius 1 is 1.03 bits per heavy atom. The highest BCUT2D eigenvalue weighted by Gasteiger charge is 2.23. The molecule has 0 spiro atoms. The fraction of sp³-hybridized carbons (Fsp3) is 0.348. The van der Waals surface area contributed by atoms with Gasteiger partial charge in [0.1, 0.15) is 11.6 Å². The summed E-state index contributed by atoms with van der Waals surface area (Å²) in [5.41, 5.74) is 0.746. The van der Waals surface area contributed by atoms with E-state index in [4.69, 9.17) is 4.74 Å². The molecular weight excluding hydrogens is 421 g/mol. The zero-order chi connectivity index (χ0) is 22.3. The molecule has 0 bridgehead atoms. The molecule has 31 heavy (non-hydrogen) atoms. The lowest BCUT2D eigenvalue weighted by molar-refractivity contribution is 0.0668. The molecule has 164 valence electrons. The van der Waals surface area contributed by atoms with Crippen LogP contribution in [0, 0.1) is 5.82 Å². The van der Waals surface area contributed by atoms with Crippen LogP contribution in [0.15, 0.2) is 52.3 Å². The fourth-order valence-electron chi connectivity index (χ4n) is 4.05. The number of ether oxygens (including phenoxy) is 1. The van der Waals surface area contributed by atoms with Gasteiger partial charge in [0, 0.05) is 30.6 Å². The highest BCUT2D eigenvalue weighted by molar-refractivity contribution is 7.90. The van der Waals surface area contributed by atoms with E-state index in [1.165, 1.54) is 34.9 Å². The van der Waals surface area contributed by atoms with Crippen molar-refractivity contribution < 1.29 is 22.7 Å². The number of pyridine rings is 1. The third-order valence-electron chi connectivity index (χ3n) is 5.75. The van der Waals surface area contributed by atoms with Crippen LogP contribution >= 0.6 is 0 Å². The average Bonchev–Trinajstić information content (AvgIpc) is 2.72. The van der Waals surface area contributed by atoms with Gasteiger partial charge in [0.25, 0.3) is 5.56 Å². The van der Waals surface area contributed by atoms with Crippen LogP contribution in [0.5, 0.6) is 5.75 Å². The number of rotatable bonds is 4. The lowest BCUT2D eigenvalue weighted by Gasteiger charge is -2.27. The van der Waals surface area contributed by atoms with Crippen molar-refractivity contribution in [1.82, 2.24) is 4.57 Å².